The minimum atomic E-state index is -0.240. The molecule has 0 aliphatic carbocycles. The van der Waals surface area contributed by atoms with Gasteiger partial charge in [0.2, 0.25) is 0 Å². The molecule has 0 radical (unpaired) electrons. The van der Waals surface area contributed by atoms with Gasteiger partial charge in [-0.3, -0.25) is 9.59 Å². The fourth-order valence-corrected chi connectivity index (χ4v) is 4.31. The Morgan fingerprint density at radius 2 is 1.67 bits per heavy atom. The number of amides is 2. The fourth-order valence-electron chi connectivity index (χ4n) is 4.31. The van der Waals surface area contributed by atoms with E-state index in [1.54, 1.807) is 49.6 Å². The van der Waals surface area contributed by atoms with E-state index >= 15 is 0 Å². The number of para-hydroxylation sites is 1. The largest absolute Gasteiger partial charge is 0.497 e. The van der Waals surface area contributed by atoms with E-state index in [2.05, 4.69) is 5.32 Å². The van der Waals surface area contributed by atoms with Gasteiger partial charge in [0.25, 0.3) is 11.8 Å². The van der Waals surface area contributed by atoms with Gasteiger partial charge in [-0.2, -0.15) is 0 Å². The second kappa shape index (κ2) is 10.00. The molecule has 0 spiro atoms. The molecule has 1 aliphatic heterocycles. The Kier molecular flexibility index (Phi) is 6.45. The third-order valence-corrected chi connectivity index (χ3v) is 6.27. The van der Waals surface area contributed by atoms with Crippen molar-refractivity contribution in [3.8, 4) is 22.8 Å². The van der Waals surface area contributed by atoms with Gasteiger partial charge >= 0.3 is 0 Å². The number of ether oxygens (including phenoxy) is 2. The Morgan fingerprint density at radius 3 is 2.39 bits per heavy atom. The molecule has 0 unspecified atom stereocenters. The molecule has 0 bridgehead atoms. The second-order valence-electron chi connectivity index (χ2n) is 8.50. The van der Waals surface area contributed by atoms with E-state index in [1.807, 2.05) is 41.3 Å². The van der Waals surface area contributed by atoms with Crippen molar-refractivity contribution in [2.45, 2.75) is 13.0 Å². The Balaban J connectivity index is 1.27. The van der Waals surface area contributed by atoms with Crippen LogP contribution in [-0.4, -0.2) is 37.5 Å². The lowest BCUT2D eigenvalue weighted by Gasteiger charge is -2.26. The molecular formula is C29H26N2O5. The zero-order valence-corrected chi connectivity index (χ0v) is 20.1. The van der Waals surface area contributed by atoms with Gasteiger partial charge in [0.05, 0.1) is 19.8 Å². The maximum Gasteiger partial charge on any atom is 0.259 e. The number of furan rings is 1. The number of nitrogens with one attached hydrogen (secondary N) is 1. The summed E-state index contributed by atoms with van der Waals surface area (Å²) in [6.45, 7) is 1.09. The van der Waals surface area contributed by atoms with E-state index in [4.69, 9.17) is 13.9 Å². The first-order valence-electron chi connectivity index (χ1n) is 11.7. The highest BCUT2D eigenvalue weighted by Gasteiger charge is 2.25. The minimum Gasteiger partial charge on any atom is -0.497 e. The smallest absolute Gasteiger partial charge is 0.259 e. The van der Waals surface area contributed by atoms with Crippen molar-refractivity contribution in [2.75, 3.05) is 26.1 Å². The van der Waals surface area contributed by atoms with Crippen molar-refractivity contribution in [1.82, 2.24) is 4.90 Å². The molecule has 1 aliphatic rings. The number of methoxy groups -OCH3 is 2. The molecule has 7 nitrogen and oxygen atoms in total. The Morgan fingerprint density at radius 1 is 0.917 bits per heavy atom. The second-order valence-corrected chi connectivity index (χ2v) is 8.50. The van der Waals surface area contributed by atoms with Crippen molar-refractivity contribution in [2.24, 2.45) is 0 Å². The maximum absolute atomic E-state index is 13.0. The summed E-state index contributed by atoms with van der Waals surface area (Å²) < 4.78 is 16.6. The first-order valence-corrected chi connectivity index (χ1v) is 11.7. The topological polar surface area (TPSA) is 81.0 Å². The van der Waals surface area contributed by atoms with Crippen LogP contribution in [0.4, 0.5) is 5.69 Å². The molecule has 0 saturated carbocycles. The lowest BCUT2D eigenvalue weighted by molar-refractivity contribution is 0.0729. The normalized spacial score (nSPS) is 12.6. The average molecular weight is 483 g/mol. The lowest BCUT2D eigenvalue weighted by atomic mass is 10.1. The number of nitrogens with zero attached hydrogens (tertiary/aromatic N) is 1. The number of hydrogen-bond acceptors (Lipinski definition) is 5. The van der Waals surface area contributed by atoms with Crippen molar-refractivity contribution in [3.63, 3.8) is 0 Å². The quantitative estimate of drug-likeness (QED) is 0.397. The van der Waals surface area contributed by atoms with Crippen LogP contribution in [0.1, 0.15) is 32.0 Å². The van der Waals surface area contributed by atoms with E-state index in [1.165, 1.54) is 7.11 Å². The summed E-state index contributed by atoms with van der Waals surface area (Å²) in [7, 11) is 3.14. The summed E-state index contributed by atoms with van der Waals surface area (Å²) >= 11 is 0. The molecule has 2 amide bonds. The van der Waals surface area contributed by atoms with Gasteiger partial charge in [-0.25, -0.2) is 0 Å². The Bertz CT molecular complexity index is 1390. The van der Waals surface area contributed by atoms with Crippen molar-refractivity contribution in [3.05, 3.63) is 101 Å². The zero-order chi connectivity index (χ0) is 25.1. The number of anilines is 1. The summed E-state index contributed by atoms with van der Waals surface area (Å²) in [5, 5.41) is 2.90. The third-order valence-electron chi connectivity index (χ3n) is 6.27. The van der Waals surface area contributed by atoms with Crippen LogP contribution in [0.5, 0.6) is 11.5 Å². The first-order chi connectivity index (χ1) is 17.6. The van der Waals surface area contributed by atoms with Gasteiger partial charge in [-0.05, 0) is 66.7 Å². The van der Waals surface area contributed by atoms with Crippen molar-refractivity contribution >= 4 is 17.5 Å². The molecule has 1 aromatic heterocycles. The molecule has 36 heavy (non-hydrogen) atoms. The van der Waals surface area contributed by atoms with Gasteiger partial charge < -0.3 is 24.1 Å². The summed E-state index contributed by atoms with van der Waals surface area (Å²) in [5.74, 6) is 2.62. The standard InChI is InChI=1S/C29H26N2O5/c1-34-23-13-9-20(10-14-23)29(33)31-16-15-25-21(18-31)17-27(36-25)19-7-11-22(12-8-19)30-28(32)24-5-3-4-6-26(24)35-2/h3-14,17H,15-16,18H2,1-2H3,(H,30,32). The number of rotatable bonds is 6. The molecule has 7 heteroatoms. The van der Waals surface area contributed by atoms with Gasteiger partial charge in [0, 0.05) is 41.9 Å². The van der Waals surface area contributed by atoms with Crippen LogP contribution in [0.2, 0.25) is 0 Å². The Labute approximate surface area is 209 Å². The van der Waals surface area contributed by atoms with Crippen LogP contribution >= 0.6 is 0 Å². The first kappa shape index (κ1) is 23.2. The number of carbonyl (C=O) groups is 2. The molecule has 0 atom stereocenters. The van der Waals surface area contributed by atoms with Gasteiger partial charge in [-0.1, -0.05) is 12.1 Å². The Hall–Kier alpha value is -4.52. The monoisotopic (exact) mass is 482 g/mol. The maximum atomic E-state index is 13.0. The number of fused-ring (bicyclic) bond motifs is 1. The van der Waals surface area contributed by atoms with E-state index in [9.17, 15) is 9.59 Å². The van der Waals surface area contributed by atoms with E-state index in [0.29, 0.717) is 42.1 Å². The van der Waals surface area contributed by atoms with Crippen LogP contribution in [0.25, 0.3) is 11.3 Å². The number of hydrogen-bond donors (Lipinski definition) is 1. The van der Waals surface area contributed by atoms with Crippen LogP contribution in [0.15, 0.2) is 83.3 Å². The molecule has 0 fully saturated rings. The zero-order valence-electron chi connectivity index (χ0n) is 20.1. The summed E-state index contributed by atoms with van der Waals surface area (Å²) in [6, 6.07) is 23.7. The van der Waals surface area contributed by atoms with Gasteiger partial charge in [0.1, 0.15) is 23.0 Å². The highest BCUT2D eigenvalue weighted by atomic mass is 16.5. The highest BCUT2D eigenvalue weighted by molar-refractivity contribution is 6.06. The predicted molar refractivity (Wildman–Crippen MR) is 137 cm³/mol. The molecule has 3 aromatic carbocycles. The van der Waals surface area contributed by atoms with Crippen molar-refractivity contribution in [1.29, 1.82) is 0 Å². The third kappa shape index (κ3) is 4.68. The molecule has 0 saturated heterocycles. The highest BCUT2D eigenvalue weighted by Crippen LogP contribution is 2.31. The summed E-state index contributed by atoms with van der Waals surface area (Å²) in [6.07, 6.45) is 0.657. The SMILES string of the molecule is COc1ccc(C(=O)N2CCc3oc(-c4ccc(NC(=O)c5ccccc5OC)cc4)cc3C2)cc1. The van der Waals surface area contributed by atoms with E-state index in [0.717, 1.165) is 28.4 Å². The molecule has 5 rings (SSSR count). The predicted octanol–water partition coefficient (Wildman–Crippen LogP) is 5.41. The van der Waals surface area contributed by atoms with Crippen molar-refractivity contribution < 1.29 is 23.5 Å². The fraction of sp³-hybridized carbons (Fsp3) is 0.172. The summed E-state index contributed by atoms with van der Waals surface area (Å²) in [4.78, 5) is 27.5. The molecule has 2 heterocycles. The number of carbonyl (C=O) groups excluding carboxylic acids is 2. The molecular weight excluding hydrogens is 456 g/mol. The molecule has 182 valence electrons. The number of benzene rings is 3. The van der Waals surface area contributed by atoms with Gasteiger partial charge in [-0.15, -0.1) is 0 Å². The van der Waals surface area contributed by atoms with Crippen LogP contribution in [0.3, 0.4) is 0 Å². The van der Waals surface area contributed by atoms with Gasteiger partial charge in [0.15, 0.2) is 0 Å². The van der Waals surface area contributed by atoms with Crippen LogP contribution in [0, 0.1) is 0 Å². The van der Waals surface area contributed by atoms with E-state index in [-0.39, 0.29) is 11.8 Å². The lowest BCUT2D eigenvalue weighted by Crippen LogP contribution is -2.35. The summed E-state index contributed by atoms with van der Waals surface area (Å²) in [5.41, 5.74) is 3.67. The minimum absolute atomic E-state index is 0.0128. The molecule has 1 N–H and O–H groups in total. The van der Waals surface area contributed by atoms with Crippen LogP contribution < -0.4 is 14.8 Å². The van der Waals surface area contributed by atoms with E-state index < -0.39 is 0 Å². The average Bonchev–Trinajstić information content (AvgIpc) is 3.36. The molecule has 4 aromatic rings. The van der Waals surface area contributed by atoms with Crippen LogP contribution in [-0.2, 0) is 13.0 Å².